The Balaban J connectivity index is 1.96. The van der Waals surface area contributed by atoms with Gasteiger partial charge in [-0.3, -0.25) is 4.79 Å². The van der Waals surface area contributed by atoms with Crippen LogP contribution < -0.4 is 10.6 Å². The first kappa shape index (κ1) is 17.7. The number of nitrogens with one attached hydrogen (secondary N) is 2. The van der Waals surface area contributed by atoms with E-state index in [0.29, 0.717) is 24.3 Å². The lowest BCUT2D eigenvalue weighted by atomic mass is 10.2. The summed E-state index contributed by atoms with van der Waals surface area (Å²) in [5, 5.41) is 14.4. The van der Waals surface area contributed by atoms with Gasteiger partial charge in [0.2, 0.25) is 5.91 Å². The average Bonchev–Trinajstić information content (AvgIpc) is 2.55. The number of urea groups is 1. The number of carbonyl (C=O) groups excluding carboxylic acids is 2. The SMILES string of the molecule is CCCC(=O)Nc1cccc(NC(=O)N2CCOC(C(=O)O)C2)c1. The van der Waals surface area contributed by atoms with Crippen molar-refractivity contribution in [1.29, 1.82) is 0 Å². The van der Waals surface area contributed by atoms with Crippen molar-refractivity contribution < 1.29 is 24.2 Å². The van der Waals surface area contributed by atoms with E-state index in [4.69, 9.17) is 9.84 Å². The van der Waals surface area contributed by atoms with Crippen LogP contribution in [0.1, 0.15) is 19.8 Å². The third kappa shape index (κ3) is 4.95. The maximum atomic E-state index is 12.3. The Hall–Kier alpha value is -2.61. The normalized spacial score (nSPS) is 17.2. The molecule has 0 saturated carbocycles. The van der Waals surface area contributed by atoms with Gasteiger partial charge in [-0.05, 0) is 24.6 Å². The van der Waals surface area contributed by atoms with Crippen LogP contribution in [0.4, 0.5) is 16.2 Å². The zero-order valence-corrected chi connectivity index (χ0v) is 13.4. The number of morpholine rings is 1. The van der Waals surface area contributed by atoms with Crippen molar-refractivity contribution >= 4 is 29.3 Å². The maximum absolute atomic E-state index is 12.3. The summed E-state index contributed by atoms with van der Waals surface area (Å²) in [6.07, 6.45) is 0.175. The molecule has 1 aromatic carbocycles. The molecular formula is C16H21N3O5. The van der Waals surface area contributed by atoms with E-state index < -0.39 is 18.1 Å². The molecular weight excluding hydrogens is 314 g/mol. The number of rotatable bonds is 5. The van der Waals surface area contributed by atoms with Crippen molar-refractivity contribution in [2.75, 3.05) is 30.3 Å². The number of ether oxygens (including phenoxy) is 1. The third-order valence-corrected chi connectivity index (χ3v) is 3.50. The minimum Gasteiger partial charge on any atom is -0.479 e. The van der Waals surface area contributed by atoms with Crippen LogP contribution in [0.3, 0.4) is 0 Å². The van der Waals surface area contributed by atoms with Crippen LogP contribution in [0, 0.1) is 0 Å². The molecule has 1 unspecified atom stereocenters. The Morgan fingerprint density at radius 1 is 1.29 bits per heavy atom. The fraction of sp³-hybridized carbons (Fsp3) is 0.438. The van der Waals surface area contributed by atoms with Gasteiger partial charge in [0, 0.05) is 24.3 Å². The second-order valence-corrected chi connectivity index (χ2v) is 5.45. The van der Waals surface area contributed by atoms with Crippen LogP contribution in [0.2, 0.25) is 0 Å². The lowest BCUT2D eigenvalue weighted by Gasteiger charge is -2.30. The fourth-order valence-corrected chi connectivity index (χ4v) is 2.31. The van der Waals surface area contributed by atoms with E-state index in [1.54, 1.807) is 24.3 Å². The van der Waals surface area contributed by atoms with Crippen molar-refractivity contribution in [2.24, 2.45) is 0 Å². The molecule has 1 aromatic rings. The molecule has 0 bridgehead atoms. The van der Waals surface area contributed by atoms with Gasteiger partial charge in [-0.1, -0.05) is 13.0 Å². The summed E-state index contributed by atoms with van der Waals surface area (Å²) in [5.41, 5.74) is 1.12. The van der Waals surface area contributed by atoms with Crippen LogP contribution in [0.5, 0.6) is 0 Å². The molecule has 1 heterocycles. The number of amides is 3. The Labute approximate surface area is 139 Å². The highest BCUT2D eigenvalue weighted by Crippen LogP contribution is 2.17. The van der Waals surface area contributed by atoms with Crippen molar-refractivity contribution in [3.63, 3.8) is 0 Å². The zero-order chi connectivity index (χ0) is 17.5. The van der Waals surface area contributed by atoms with Gasteiger partial charge in [0.1, 0.15) is 0 Å². The van der Waals surface area contributed by atoms with Gasteiger partial charge >= 0.3 is 12.0 Å². The predicted octanol–water partition coefficient (Wildman–Crippen LogP) is 1.74. The number of carbonyl (C=O) groups is 3. The molecule has 2 rings (SSSR count). The number of nitrogens with zero attached hydrogens (tertiary/aromatic N) is 1. The van der Waals surface area contributed by atoms with Crippen LogP contribution in [0.15, 0.2) is 24.3 Å². The molecule has 0 aliphatic carbocycles. The van der Waals surface area contributed by atoms with E-state index in [1.807, 2.05) is 6.92 Å². The monoisotopic (exact) mass is 335 g/mol. The average molecular weight is 335 g/mol. The van der Waals surface area contributed by atoms with E-state index in [0.717, 1.165) is 6.42 Å². The molecule has 8 heteroatoms. The first-order valence-corrected chi connectivity index (χ1v) is 7.80. The van der Waals surface area contributed by atoms with Crippen molar-refractivity contribution in [3.8, 4) is 0 Å². The Morgan fingerprint density at radius 3 is 2.67 bits per heavy atom. The van der Waals surface area contributed by atoms with E-state index in [9.17, 15) is 14.4 Å². The molecule has 3 N–H and O–H groups in total. The minimum absolute atomic E-state index is 0.00586. The van der Waals surface area contributed by atoms with Crippen LogP contribution in [-0.4, -0.2) is 53.7 Å². The number of carboxylic acids is 1. The number of carboxylic acid groups (broad SMARTS) is 1. The quantitative estimate of drug-likeness (QED) is 0.759. The molecule has 1 saturated heterocycles. The molecule has 0 radical (unpaired) electrons. The van der Waals surface area contributed by atoms with Crippen molar-refractivity contribution in [2.45, 2.75) is 25.9 Å². The summed E-state index contributed by atoms with van der Waals surface area (Å²) in [4.78, 5) is 36.2. The second kappa shape index (κ2) is 8.30. The summed E-state index contributed by atoms with van der Waals surface area (Å²) in [6.45, 7) is 2.41. The van der Waals surface area contributed by atoms with Gasteiger partial charge in [-0.2, -0.15) is 0 Å². The smallest absolute Gasteiger partial charge is 0.334 e. The van der Waals surface area contributed by atoms with E-state index in [1.165, 1.54) is 4.90 Å². The van der Waals surface area contributed by atoms with Gasteiger partial charge in [-0.25, -0.2) is 9.59 Å². The first-order valence-electron chi connectivity index (χ1n) is 7.80. The number of hydrogen-bond donors (Lipinski definition) is 3. The predicted molar refractivity (Wildman–Crippen MR) is 87.9 cm³/mol. The number of hydrogen-bond acceptors (Lipinski definition) is 4. The van der Waals surface area contributed by atoms with Crippen LogP contribution >= 0.6 is 0 Å². The summed E-state index contributed by atoms with van der Waals surface area (Å²) in [6, 6.07) is 6.40. The van der Waals surface area contributed by atoms with Crippen LogP contribution in [0.25, 0.3) is 0 Å². The fourth-order valence-electron chi connectivity index (χ4n) is 2.31. The van der Waals surface area contributed by atoms with Gasteiger partial charge in [0.25, 0.3) is 0 Å². The summed E-state index contributed by atoms with van der Waals surface area (Å²) < 4.78 is 5.09. The second-order valence-electron chi connectivity index (χ2n) is 5.45. The largest absolute Gasteiger partial charge is 0.479 e. The van der Waals surface area contributed by atoms with Gasteiger partial charge in [0.05, 0.1) is 13.2 Å². The Kier molecular flexibility index (Phi) is 6.14. The van der Waals surface area contributed by atoms with Gasteiger partial charge in [0.15, 0.2) is 6.10 Å². The summed E-state index contributed by atoms with van der Waals surface area (Å²) in [7, 11) is 0. The molecule has 1 aliphatic rings. The molecule has 24 heavy (non-hydrogen) atoms. The van der Waals surface area contributed by atoms with Crippen molar-refractivity contribution in [1.82, 2.24) is 4.90 Å². The third-order valence-electron chi connectivity index (χ3n) is 3.50. The highest BCUT2D eigenvalue weighted by atomic mass is 16.5. The Bertz CT molecular complexity index is 619. The molecule has 8 nitrogen and oxygen atoms in total. The molecule has 1 fully saturated rings. The zero-order valence-electron chi connectivity index (χ0n) is 13.4. The number of benzene rings is 1. The number of aliphatic carboxylic acids is 1. The number of anilines is 2. The molecule has 1 aliphatic heterocycles. The minimum atomic E-state index is -1.09. The summed E-state index contributed by atoms with van der Waals surface area (Å²) >= 11 is 0. The van der Waals surface area contributed by atoms with Gasteiger partial charge < -0.3 is 25.4 Å². The standard InChI is InChI=1S/C16H21N3O5/c1-2-4-14(20)17-11-5-3-6-12(9-11)18-16(23)19-7-8-24-13(10-19)15(21)22/h3,5-6,9,13H,2,4,7-8,10H2,1H3,(H,17,20)(H,18,23)(H,21,22). The lowest BCUT2D eigenvalue weighted by molar-refractivity contribution is -0.154. The maximum Gasteiger partial charge on any atom is 0.334 e. The van der Waals surface area contributed by atoms with E-state index >= 15 is 0 Å². The molecule has 0 spiro atoms. The lowest BCUT2D eigenvalue weighted by Crippen LogP contribution is -2.49. The molecule has 1 atom stereocenters. The van der Waals surface area contributed by atoms with Crippen molar-refractivity contribution in [3.05, 3.63) is 24.3 Å². The molecule has 0 aromatic heterocycles. The highest BCUT2D eigenvalue weighted by Gasteiger charge is 2.28. The Morgan fingerprint density at radius 2 is 2.00 bits per heavy atom. The molecule has 3 amide bonds. The van der Waals surface area contributed by atoms with E-state index in [-0.39, 0.29) is 19.1 Å². The molecule has 130 valence electrons. The van der Waals surface area contributed by atoms with E-state index in [2.05, 4.69) is 10.6 Å². The topological polar surface area (TPSA) is 108 Å². The summed E-state index contributed by atoms with van der Waals surface area (Å²) in [5.74, 6) is -1.17. The van der Waals surface area contributed by atoms with Crippen LogP contribution in [-0.2, 0) is 14.3 Å². The first-order chi connectivity index (χ1) is 11.5. The van der Waals surface area contributed by atoms with Gasteiger partial charge in [-0.15, -0.1) is 0 Å². The highest BCUT2D eigenvalue weighted by molar-refractivity contribution is 5.93.